The molecular formula is C18H12FN5O2. The zero-order valence-electron chi connectivity index (χ0n) is 13.3. The van der Waals surface area contributed by atoms with Crippen molar-refractivity contribution in [1.82, 2.24) is 15.2 Å². The molecule has 0 saturated carbocycles. The maximum atomic E-state index is 13.2. The number of benzene rings is 2. The predicted molar refractivity (Wildman–Crippen MR) is 95.7 cm³/mol. The number of hydrogen-bond donors (Lipinski definition) is 3. The Hall–Kier alpha value is -3.81. The Morgan fingerprint density at radius 2 is 2.00 bits per heavy atom. The van der Waals surface area contributed by atoms with Crippen LogP contribution in [0.25, 0.3) is 22.3 Å². The number of carbonyl (C=O) groups excluding carboxylic acids is 1. The maximum absolute atomic E-state index is 13.2. The Morgan fingerprint density at radius 1 is 1.12 bits per heavy atom. The second-order valence-corrected chi connectivity index (χ2v) is 5.64. The molecule has 0 atom stereocenters. The van der Waals surface area contributed by atoms with Crippen molar-refractivity contribution in [2.24, 2.45) is 5.18 Å². The van der Waals surface area contributed by atoms with Crippen molar-refractivity contribution in [1.29, 1.82) is 0 Å². The number of aromatic nitrogens is 3. The van der Waals surface area contributed by atoms with Crippen LogP contribution in [0.2, 0.25) is 0 Å². The number of H-pyrrole nitrogens is 2. The lowest BCUT2D eigenvalue weighted by Crippen LogP contribution is -2.12. The molecule has 0 bridgehead atoms. The van der Waals surface area contributed by atoms with Crippen molar-refractivity contribution >= 4 is 28.2 Å². The molecule has 7 nitrogen and oxygen atoms in total. The lowest BCUT2D eigenvalue weighted by Gasteiger charge is -2.03. The van der Waals surface area contributed by atoms with E-state index in [0.717, 1.165) is 5.52 Å². The first kappa shape index (κ1) is 15.7. The van der Waals surface area contributed by atoms with Crippen LogP contribution in [-0.4, -0.2) is 21.1 Å². The first-order valence-electron chi connectivity index (χ1n) is 7.72. The SMILES string of the molecule is O=Nc1ccc2[nH]nc(-c3ccc(C(=O)Nc4cccc(F)c4)[nH]3)c2c1. The number of nitroso groups, excluding NO2 is 1. The maximum Gasteiger partial charge on any atom is 0.272 e. The predicted octanol–water partition coefficient (Wildman–Crippen LogP) is 4.35. The summed E-state index contributed by atoms with van der Waals surface area (Å²) in [4.78, 5) is 26.0. The molecule has 0 aliphatic heterocycles. The van der Waals surface area contributed by atoms with Crippen molar-refractivity contribution in [2.45, 2.75) is 0 Å². The molecule has 2 heterocycles. The molecule has 4 rings (SSSR count). The van der Waals surface area contributed by atoms with E-state index in [0.29, 0.717) is 28.2 Å². The van der Waals surface area contributed by atoms with Crippen LogP contribution in [0.1, 0.15) is 10.5 Å². The average molecular weight is 349 g/mol. The van der Waals surface area contributed by atoms with E-state index >= 15 is 0 Å². The molecule has 128 valence electrons. The summed E-state index contributed by atoms with van der Waals surface area (Å²) in [5, 5.41) is 13.3. The molecule has 0 spiro atoms. The van der Waals surface area contributed by atoms with Crippen molar-refractivity contribution in [3.63, 3.8) is 0 Å². The van der Waals surface area contributed by atoms with Gasteiger partial charge >= 0.3 is 0 Å². The van der Waals surface area contributed by atoms with Crippen LogP contribution in [0.15, 0.2) is 59.8 Å². The Kier molecular flexibility index (Phi) is 3.77. The molecule has 2 aromatic carbocycles. The highest BCUT2D eigenvalue weighted by atomic mass is 19.1. The molecule has 0 aliphatic rings. The molecule has 0 aliphatic carbocycles. The molecule has 8 heteroatoms. The van der Waals surface area contributed by atoms with Crippen molar-refractivity contribution in [2.75, 3.05) is 5.32 Å². The molecule has 1 amide bonds. The van der Waals surface area contributed by atoms with Crippen LogP contribution in [0, 0.1) is 10.7 Å². The number of halogens is 1. The number of amides is 1. The van der Waals surface area contributed by atoms with Gasteiger partial charge in [0.15, 0.2) is 0 Å². The number of fused-ring (bicyclic) bond motifs is 1. The highest BCUT2D eigenvalue weighted by molar-refractivity contribution is 6.04. The van der Waals surface area contributed by atoms with E-state index in [1.54, 1.807) is 36.4 Å². The van der Waals surface area contributed by atoms with Crippen LogP contribution in [-0.2, 0) is 0 Å². The van der Waals surface area contributed by atoms with Gasteiger partial charge in [0.2, 0.25) is 0 Å². The highest BCUT2D eigenvalue weighted by Crippen LogP contribution is 2.29. The fourth-order valence-corrected chi connectivity index (χ4v) is 2.69. The van der Waals surface area contributed by atoms with Gasteiger partial charge in [0.25, 0.3) is 5.91 Å². The summed E-state index contributed by atoms with van der Waals surface area (Å²) in [5.74, 6) is -0.838. The highest BCUT2D eigenvalue weighted by Gasteiger charge is 2.14. The summed E-state index contributed by atoms with van der Waals surface area (Å²) in [6.45, 7) is 0. The van der Waals surface area contributed by atoms with Crippen LogP contribution < -0.4 is 5.32 Å². The van der Waals surface area contributed by atoms with Gasteiger partial charge in [-0.3, -0.25) is 9.89 Å². The van der Waals surface area contributed by atoms with Gasteiger partial charge < -0.3 is 10.3 Å². The number of carbonyl (C=O) groups is 1. The third-order valence-corrected chi connectivity index (χ3v) is 3.92. The molecule has 2 aromatic heterocycles. The minimum Gasteiger partial charge on any atom is -0.349 e. The third kappa shape index (κ3) is 2.84. The first-order valence-corrected chi connectivity index (χ1v) is 7.72. The quantitative estimate of drug-likeness (QED) is 0.477. The summed E-state index contributed by atoms with van der Waals surface area (Å²) in [6, 6.07) is 13.9. The first-order chi connectivity index (χ1) is 12.6. The van der Waals surface area contributed by atoms with E-state index in [2.05, 4.69) is 25.7 Å². The number of anilines is 1. The van der Waals surface area contributed by atoms with Crippen LogP contribution in [0.5, 0.6) is 0 Å². The Labute approximate surface area is 146 Å². The fourth-order valence-electron chi connectivity index (χ4n) is 2.69. The topological polar surface area (TPSA) is 103 Å². The Morgan fingerprint density at radius 3 is 2.81 bits per heavy atom. The summed E-state index contributed by atoms with van der Waals surface area (Å²) in [5.41, 5.74) is 2.85. The molecule has 0 saturated heterocycles. The normalized spacial score (nSPS) is 10.8. The van der Waals surface area contributed by atoms with Gasteiger partial charge in [-0.2, -0.15) is 5.10 Å². The summed E-state index contributed by atoms with van der Waals surface area (Å²) < 4.78 is 13.2. The molecule has 4 aromatic rings. The van der Waals surface area contributed by atoms with Crippen LogP contribution >= 0.6 is 0 Å². The lowest BCUT2D eigenvalue weighted by atomic mass is 10.1. The van der Waals surface area contributed by atoms with E-state index < -0.39 is 11.7 Å². The average Bonchev–Trinajstić information content (AvgIpc) is 3.28. The van der Waals surface area contributed by atoms with Crippen molar-refractivity contribution < 1.29 is 9.18 Å². The summed E-state index contributed by atoms with van der Waals surface area (Å²) >= 11 is 0. The number of nitrogens with one attached hydrogen (secondary N) is 3. The summed E-state index contributed by atoms with van der Waals surface area (Å²) in [6.07, 6.45) is 0. The van der Waals surface area contributed by atoms with Gasteiger partial charge in [-0.15, -0.1) is 4.91 Å². The molecule has 3 N–H and O–H groups in total. The van der Waals surface area contributed by atoms with Gasteiger partial charge in [-0.05, 0) is 53.7 Å². The third-order valence-electron chi connectivity index (χ3n) is 3.92. The van der Waals surface area contributed by atoms with Gasteiger partial charge in [0, 0.05) is 11.1 Å². The standard InChI is InChI=1S/C18H12FN5O2/c19-10-2-1-3-11(8-10)20-18(25)16-7-6-15(21-16)17-13-9-12(24-26)4-5-14(13)22-23-17/h1-9,21H,(H,20,25)(H,22,23). The van der Waals surface area contributed by atoms with Crippen LogP contribution in [0.4, 0.5) is 15.8 Å². The lowest BCUT2D eigenvalue weighted by molar-refractivity contribution is 0.102. The molecule has 0 unspecified atom stereocenters. The van der Waals surface area contributed by atoms with E-state index in [1.807, 2.05) is 0 Å². The van der Waals surface area contributed by atoms with Gasteiger partial charge in [-0.25, -0.2) is 4.39 Å². The Bertz CT molecular complexity index is 1130. The number of aromatic amines is 2. The van der Waals surface area contributed by atoms with E-state index in [9.17, 15) is 14.1 Å². The monoisotopic (exact) mass is 349 g/mol. The minimum atomic E-state index is -0.433. The van der Waals surface area contributed by atoms with E-state index in [-0.39, 0.29) is 5.69 Å². The van der Waals surface area contributed by atoms with Gasteiger partial charge in [-0.1, -0.05) is 6.07 Å². The number of nitrogens with zero attached hydrogens (tertiary/aromatic N) is 2. The zero-order valence-corrected chi connectivity index (χ0v) is 13.3. The zero-order chi connectivity index (χ0) is 18.1. The van der Waals surface area contributed by atoms with E-state index in [1.165, 1.54) is 18.2 Å². The van der Waals surface area contributed by atoms with Crippen LogP contribution in [0.3, 0.4) is 0 Å². The molecule has 0 radical (unpaired) electrons. The minimum absolute atomic E-state index is 0.288. The number of hydrogen-bond acceptors (Lipinski definition) is 4. The van der Waals surface area contributed by atoms with Gasteiger partial charge in [0.1, 0.15) is 22.9 Å². The van der Waals surface area contributed by atoms with E-state index in [4.69, 9.17) is 0 Å². The second-order valence-electron chi connectivity index (χ2n) is 5.64. The smallest absolute Gasteiger partial charge is 0.272 e. The summed E-state index contributed by atoms with van der Waals surface area (Å²) in [7, 11) is 0. The van der Waals surface area contributed by atoms with Crippen molar-refractivity contribution in [3.05, 3.63) is 71.0 Å². The Balaban J connectivity index is 1.64. The largest absolute Gasteiger partial charge is 0.349 e. The second kappa shape index (κ2) is 6.25. The molecular weight excluding hydrogens is 337 g/mol. The fraction of sp³-hybridized carbons (Fsp3) is 0. The molecule has 26 heavy (non-hydrogen) atoms. The number of rotatable bonds is 4. The van der Waals surface area contributed by atoms with Gasteiger partial charge in [0.05, 0.1) is 11.2 Å². The van der Waals surface area contributed by atoms with Crippen molar-refractivity contribution in [3.8, 4) is 11.4 Å². The molecule has 0 fully saturated rings.